The van der Waals surface area contributed by atoms with Crippen molar-refractivity contribution < 1.29 is 9.26 Å². The Morgan fingerprint density at radius 1 is 1.12 bits per heavy atom. The monoisotopic (exact) mass is 338 g/mol. The van der Waals surface area contributed by atoms with Gasteiger partial charge in [-0.1, -0.05) is 29.4 Å². The highest BCUT2D eigenvalue weighted by Gasteiger charge is 2.36. The molecule has 1 unspecified atom stereocenters. The van der Waals surface area contributed by atoms with Gasteiger partial charge in [0.15, 0.2) is 0 Å². The lowest BCUT2D eigenvalue weighted by atomic mass is 10.00. The van der Waals surface area contributed by atoms with E-state index < -0.39 is 0 Å². The molecule has 4 nitrogen and oxygen atoms in total. The predicted octanol–water partition coefficient (Wildman–Crippen LogP) is 4.33. The molecule has 25 heavy (non-hydrogen) atoms. The van der Waals surface area contributed by atoms with Crippen molar-refractivity contribution in [3.63, 3.8) is 0 Å². The number of benzene rings is 1. The fraction of sp³-hybridized carbons (Fsp3) is 0.571. The van der Waals surface area contributed by atoms with Crippen LogP contribution in [0.1, 0.15) is 61.3 Å². The van der Waals surface area contributed by atoms with E-state index in [1.54, 1.807) is 0 Å². The smallest absolute Gasteiger partial charge is 0.145 e. The number of aryl methyl sites for hydroxylation is 1. The molecular formula is C21H26N2O2. The van der Waals surface area contributed by atoms with Crippen molar-refractivity contribution in [3.05, 3.63) is 41.2 Å². The Hall–Kier alpha value is -1.65. The summed E-state index contributed by atoms with van der Waals surface area (Å²) in [4.78, 5) is 0. The van der Waals surface area contributed by atoms with Crippen molar-refractivity contribution in [1.29, 1.82) is 0 Å². The minimum atomic E-state index is 0.366. The molecule has 0 radical (unpaired) electrons. The molecule has 0 spiro atoms. The molecule has 3 aliphatic rings. The molecule has 1 N–H and O–H groups in total. The number of aromatic nitrogens is 1. The molecule has 3 atom stereocenters. The Morgan fingerprint density at radius 3 is 2.60 bits per heavy atom. The second kappa shape index (κ2) is 6.26. The third-order valence-corrected chi connectivity index (χ3v) is 6.06. The first-order valence-electron chi connectivity index (χ1n) is 9.70. The standard InChI is InChI=1S/C21H26N2O2/c1-13-4-2-3-5-18(13)20-19(21(25-23-20)14-6-7-14)12-24-17-10-15-8-9-16(11-17)22-15/h2-5,14-17,22H,6-12H2,1H3/t15-,16+,17?. The van der Waals surface area contributed by atoms with Crippen LogP contribution in [-0.2, 0) is 11.3 Å². The predicted molar refractivity (Wildman–Crippen MR) is 96.4 cm³/mol. The fourth-order valence-electron chi connectivity index (χ4n) is 4.52. The molecule has 1 aromatic carbocycles. The highest BCUT2D eigenvalue weighted by atomic mass is 16.5. The van der Waals surface area contributed by atoms with E-state index in [1.807, 2.05) is 0 Å². The molecule has 1 aromatic heterocycles. The largest absolute Gasteiger partial charge is 0.373 e. The van der Waals surface area contributed by atoms with Gasteiger partial charge in [-0.15, -0.1) is 0 Å². The van der Waals surface area contributed by atoms with Crippen LogP contribution in [0.15, 0.2) is 28.8 Å². The average molecular weight is 338 g/mol. The summed E-state index contributed by atoms with van der Waals surface area (Å²) in [6.07, 6.45) is 7.69. The molecule has 1 saturated carbocycles. The van der Waals surface area contributed by atoms with E-state index >= 15 is 0 Å². The van der Waals surface area contributed by atoms with Crippen LogP contribution in [0.25, 0.3) is 11.3 Å². The van der Waals surface area contributed by atoms with Gasteiger partial charge in [0.05, 0.1) is 12.7 Å². The molecule has 0 amide bonds. The van der Waals surface area contributed by atoms with Gasteiger partial charge in [0.25, 0.3) is 0 Å². The summed E-state index contributed by atoms with van der Waals surface area (Å²) in [5.74, 6) is 1.61. The van der Waals surface area contributed by atoms with Crippen molar-refractivity contribution in [1.82, 2.24) is 10.5 Å². The first-order valence-corrected chi connectivity index (χ1v) is 9.70. The Bertz CT molecular complexity index is 753. The van der Waals surface area contributed by atoms with E-state index in [0.717, 1.165) is 24.3 Å². The van der Waals surface area contributed by atoms with Crippen LogP contribution in [0.5, 0.6) is 0 Å². The Morgan fingerprint density at radius 2 is 1.88 bits per heavy atom. The lowest BCUT2D eigenvalue weighted by molar-refractivity contribution is 0.00876. The second-order valence-corrected chi connectivity index (χ2v) is 8.01. The maximum atomic E-state index is 6.39. The summed E-state index contributed by atoms with van der Waals surface area (Å²) in [6, 6.07) is 9.73. The summed E-state index contributed by atoms with van der Waals surface area (Å²) in [5, 5.41) is 8.13. The number of hydrogen-bond donors (Lipinski definition) is 1. The van der Waals surface area contributed by atoms with E-state index in [-0.39, 0.29) is 0 Å². The number of hydrogen-bond acceptors (Lipinski definition) is 4. The molecule has 5 rings (SSSR count). The first kappa shape index (κ1) is 15.6. The summed E-state index contributed by atoms with van der Waals surface area (Å²) < 4.78 is 12.2. The summed E-state index contributed by atoms with van der Waals surface area (Å²) in [7, 11) is 0. The lowest BCUT2D eigenvalue weighted by Gasteiger charge is -2.29. The Balaban J connectivity index is 1.39. The summed E-state index contributed by atoms with van der Waals surface area (Å²) >= 11 is 0. The lowest BCUT2D eigenvalue weighted by Crippen LogP contribution is -2.41. The molecule has 132 valence electrons. The van der Waals surface area contributed by atoms with Crippen molar-refractivity contribution in [3.8, 4) is 11.3 Å². The van der Waals surface area contributed by atoms with Crippen LogP contribution in [0.4, 0.5) is 0 Å². The molecule has 3 heterocycles. The maximum absolute atomic E-state index is 6.39. The maximum Gasteiger partial charge on any atom is 0.145 e. The van der Waals surface area contributed by atoms with Gasteiger partial charge in [-0.05, 0) is 51.0 Å². The zero-order chi connectivity index (χ0) is 16.8. The van der Waals surface area contributed by atoms with E-state index in [0.29, 0.717) is 30.7 Å². The second-order valence-electron chi connectivity index (χ2n) is 8.01. The molecule has 2 aromatic rings. The van der Waals surface area contributed by atoms with Crippen LogP contribution in [0.3, 0.4) is 0 Å². The van der Waals surface area contributed by atoms with Gasteiger partial charge in [-0.3, -0.25) is 0 Å². The number of fused-ring (bicyclic) bond motifs is 2. The highest BCUT2D eigenvalue weighted by molar-refractivity contribution is 5.67. The molecule has 4 heteroatoms. The van der Waals surface area contributed by atoms with Crippen LogP contribution < -0.4 is 5.32 Å². The van der Waals surface area contributed by atoms with Crippen LogP contribution in [-0.4, -0.2) is 23.3 Å². The van der Waals surface area contributed by atoms with Crippen LogP contribution in [0, 0.1) is 6.92 Å². The van der Waals surface area contributed by atoms with Crippen LogP contribution in [0.2, 0.25) is 0 Å². The Labute approximate surface area is 148 Å². The number of nitrogens with zero attached hydrogens (tertiary/aromatic N) is 1. The highest BCUT2D eigenvalue weighted by Crippen LogP contribution is 2.44. The molecule has 2 aliphatic heterocycles. The number of rotatable bonds is 5. The van der Waals surface area contributed by atoms with Crippen LogP contribution >= 0.6 is 0 Å². The van der Waals surface area contributed by atoms with Gasteiger partial charge >= 0.3 is 0 Å². The van der Waals surface area contributed by atoms with Crippen molar-refractivity contribution in [2.45, 2.75) is 76.2 Å². The number of nitrogens with one attached hydrogen (secondary N) is 1. The number of ether oxygens (including phenoxy) is 1. The molecule has 2 bridgehead atoms. The normalized spacial score (nSPS) is 28.4. The Kier molecular flexibility index (Phi) is 3.90. The van der Waals surface area contributed by atoms with E-state index in [9.17, 15) is 0 Å². The molecule has 1 aliphatic carbocycles. The molecular weight excluding hydrogens is 312 g/mol. The fourth-order valence-corrected chi connectivity index (χ4v) is 4.52. The third kappa shape index (κ3) is 3.02. The van der Waals surface area contributed by atoms with Gasteiger partial charge in [0.1, 0.15) is 11.5 Å². The zero-order valence-electron chi connectivity index (χ0n) is 14.8. The van der Waals surface area contributed by atoms with Crippen molar-refractivity contribution in [2.75, 3.05) is 0 Å². The summed E-state index contributed by atoms with van der Waals surface area (Å²) in [6.45, 7) is 2.76. The average Bonchev–Trinajstić information content (AvgIpc) is 3.30. The topological polar surface area (TPSA) is 47.3 Å². The number of piperidine rings is 1. The first-order chi connectivity index (χ1) is 12.3. The quantitative estimate of drug-likeness (QED) is 0.881. The van der Waals surface area contributed by atoms with Gasteiger partial charge < -0.3 is 14.6 Å². The molecule has 2 saturated heterocycles. The SMILES string of the molecule is Cc1ccccc1-c1noc(C2CC2)c1COC1C[C@H]2CC[C@@H](C1)N2. The molecule has 3 fully saturated rings. The van der Waals surface area contributed by atoms with Gasteiger partial charge in [0.2, 0.25) is 0 Å². The van der Waals surface area contributed by atoms with Gasteiger partial charge in [0, 0.05) is 29.1 Å². The van der Waals surface area contributed by atoms with E-state index in [2.05, 4.69) is 41.7 Å². The minimum absolute atomic E-state index is 0.366. The van der Waals surface area contributed by atoms with E-state index in [1.165, 1.54) is 42.4 Å². The zero-order valence-corrected chi connectivity index (χ0v) is 14.8. The van der Waals surface area contributed by atoms with Crippen molar-refractivity contribution >= 4 is 0 Å². The summed E-state index contributed by atoms with van der Waals surface area (Å²) in [5.41, 5.74) is 4.57. The van der Waals surface area contributed by atoms with Gasteiger partial charge in [-0.2, -0.15) is 0 Å². The minimum Gasteiger partial charge on any atom is -0.373 e. The van der Waals surface area contributed by atoms with E-state index in [4.69, 9.17) is 9.26 Å². The van der Waals surface area contributed by atoms with Crippen molar-refractivity contribution in [2.24, 2.45) is 0 Å². The third-order valence-electron chi connectivity index (χ3n) is 6.06. The van der Waals surface area contributed by atoms with Gasteiger partial charge in [-0.25, -0.2) is 0 Å².